The summed E-state index contributed by atoms with van der Waals surface area (Å²) in [5, 5.41) is 13.8. The topological polar surface area (TPSA) is 50.5 Å². The third kappa shape index (κ3) is 4.58. The predicted octanol–water partition coefficient (Wildman–Crippen LogP) is 1.83. The Balaban J connectivity index is 1.89. The molecule has 1 N–H and O–H groups in total. The highest BCUT2D eigenvalue weighted by Gasteiger charge is 2.16. The Morgan fingerprint density at radius 2 is 2.15 bits per heavy atom. The fraction of sp³-hybridized carbons (Fsp3) is 0.800. The maximum atomic E-state index is 9.11. The predicted molar refractivity (Wildman–Crippen MR) is 78.6 cm³/mol. The van der Waals surface area contributed by atoms with Crippen molar-refractivity contribution >= 4 is 0 Å². The van der Waals surface area contributed by atoms with Gasteiger partial charge in [-0.15, -0.1) is 0 Å². The van der Waals surface area contributed by atoms with Crippen molar-refractivity contribution < 1.29 is 9.84 Å². The molecule has 0 aromatic carbocycles. The first-order valence-electron chi connectivity index (χ1n) is 7.69. The van der Waals surface area contributed by atoms with Gasteiger partial charge >= 0.3 is 0 Å². The van der Waals surface area contributed by atoms with E-state index in [1.54, 1.807) is 7.11 Å². The van der Waals surface area contributed by atoms with E-state index in [0.29, 0.717) is 19.2 Å². The molecule has 114 valence electrons. The van der Waals surface area contributed by atoms with Crippen LogP contribution in [0.25, 0.3) is 0 Å². The molecule has 0 bridgehead atoms. The largest absolute Gasteiger partial charge is 0.395 e. The van der Waals surface area contributed by atoms with Crippen molar-refractivity contribution in [3.05, 3.63) is 18.0 Å². The third-order valence-electron chi connectivity index (χ3n) is 4.03. The molecule has 1 saturated carbocycles. The highest BCUT2D eigenvalue weighted by Crippen LogP contribution is 2.27. The van der Waals surface area contributed by atoms with Gasteiger partial charge in [0.05, 0.1) is 24.9 Å². The molecule has 1 fully saturated rings. The van der Waals surface area contributed by atoms with Crippen LogP contribution >= 0.6 is 0 Å². The van der Waals surface area contributed by atoms with Crippen LogP contribution in [0.3, 0.4) is 0 Å². The Morgan fingerprint density at radius 1 is 1.35 bits per heavy atom. The summed E-state index contributed by atoms with van der Waals surface area (Å²) in [6.07, 6.45) is 8.63. The molecule has 0 radical (unpaired) electrons. The van der Waals surface area contributed by atoms with Crippen LogP contribution in [0.5, 0.6) is 0 Å². The molecule has 0 aliphatic heterocycles. The van der Waals surface area contributed by atoms with Gasteiger partial charge in [0, 0.05) is 32.9 Å². The Labute approximate surface area is 121 Å². The summed E-state index contributed by atoms with van der Waals surface area (Å²) >= 11 is 0. The monoisotopic (exact) mass is 281 g/mol. The molecule has 2 rings (SSSR count). The molecule has 0 spiro atoms. The van der Waals surface area contributed by atoms with E-state index in [9.17, 15) is 0 Å². The lowest BCUT2D eigenvalue weighted by atomic mass is 9.96. The lowest BCUT2D eigenvalue weighted by Gasteiger charge is -2.22. The molecule has 20 heavy (non-hydrogen) atoms. The second-order valence-corrected chi connectivity index (χ2v) is 5.57. The average Bonchev–Trinajstić information content (AvgIpc) is 2.94. The van der Waals surface area contributed by atoms with E-state index in [0.717, 1.165) is 18.8 Å². The quantitative estimate of drug-likeness (QED) is 0.790. The van der Waals surface area contributed by atoms with Crippen LogP contribution in [-0.2, 0) is 11.3 Å². The lowest BCUT2D eigenvalue weighted by Crippen LogP contribution is -2.30. The maximum Gasteiger partial charge on any atom is 0.0764 e. The molecule has 0 atom stereocenters. The van der Waals surface area contributed by atoms with Crippen molar-refractivity contribution in [3.8, 4) is 0 Å². The summed E-state index contributed by atoms with van der Waals surface area (Å²) < 4.78 is 7.25. The van der Waals surface area contributed by atoms with Crippen LogP contribution in [0.4, 0.5) is 0 Å². The van der Waals surface area contributed by atoms with Gasteiger partial charge in [-0.3, -0.25) is 9.58 Å². The second kappa shape index (κ2) is 8.39. The molecule has 1 aromatic rings. The summed E-state index contributed by atoms with van der Waals surface area (Å²) in [5.41, 5.74) is 1.08. The zero-order chi connectivity index (χ0) is 14.2. The van der Waals surface area contributed by atoms with Gasteiger partial charge in [0.15, 0.2) is 0 Å². The van der Waals surface area contributed by atoms with Crippen LogP contribution in [0, 0.1) is 0 Å². The van der Waals surface area contributed by atoms with E-state index in [1.165, 1.54) is 32.1 Å². The van der Waals surface area contributed by atoms with Gasteiger partial charge in [0.2, 0.25) is 0 Å². The Bertz CT molecular complexity index is 375. The second-order valence-electron chi connectivity index (χ2n) is 5.57. The van der Waals surface area contributed by atoms with Crippen molar-refractivity contribution in [3.63, 3.8) is 0 Å². The summed E-state index contributed by atoms with van der Waals surface area (Å²) in [4.78, 5) is 2.18. The molecule has 0 saturated heterocycles. The first-order valence-corrected chi connectivity index (χ1v) is 7.69. The van der Waals surface area contributed by atoms with Gasteiger partial charge in [0.25, 0.3) is 0 Å². The van der Waals surface area contributed by atoms with Crippen LogP contribution in [0.2, 0.25) is 0 Å². The highest BCUT2D eigenvalue weighted by molar-refractivity contribution is 5.00. The molecule has 5 heteroatoms. The Morgan fingerprint density at radius 3 is 2.85 bits per heavy atom. The number of methoxy groups -OCH3 is 1. The van der Waals surface area contributed by atoms with Gasteiger partial charge in [-0.1, -0.05) is 19.3 Å². The van der Waals surface area contributed by atoms with E-state index in [-0.39, 0.29) is 6.61 Å². The fourth-order valence-electron chi connectivity index (χ4n) is 2.87. The summed E-state index contributed by atoms with van der Waals surface area (Å²) in [7, 11) is 1.70. The van der Waals surface area contributed by atoms with Crippen molar-refractivity contribution in [2.24, 2.45) is 0 Å². The number of ether oxygens (including phenoxy) is 1. The van der Waals surface area contributed by atoms with E-state index < -0.39 is 0 Å². The van der Waals surface area contributed by atoms with Crippen LogP contribution < -0.4 is 0 Å². The molecule has 5 nitrogen and oxygen atoms in total. The van der Waals surface area contributed by atoms with E-state index in [2.05, 4.69) is 21.8 Å². The van der Waals surface area contributed by atoms with Crippen LogP contribution in [0.15, 0.2) is 12.3 Å². The normalized spacial score (nSPS) is 16.9. The standard InChI is InChI=1S/C15H27N3O2/c1-20-12-10-17(9-11-19)13-14-7-8-18(16-14)15-5-3-2-4-6-15/h7-8,15,19H,2-6,9-13H2,1H3. The molecular weight excluding hydrogens is 254 g/mol. The number of aromatic nitrogens is 2. The fourth-order valence-corrected chi connectivity index (χ4v) is 2.87. The number of hydrogen-bond acceptors (Lipinski definition) is 4. The molecule has 1 aliphatic carbocycles. The molecule has 1 aliphatic rings. The summed E-state index contributed by atoms with van der Waals surface area (Å²) in [6.45, 7) is 3.13. The summed E-state index contributed by atoms with van der Waals surface area (Å²) in [6, 6.07) is 2.69. The van der Waals surface area contributed by atoms with E-state index in [4.69, 9.17) is 14.9 Å². The molecular formula is C15H27N3O2. The molecule has 0 unspecified atom stereocenters. The van der Waals surface area contributed by atoms with Gasteiger partial charge in [-0.2, -0.15) is 5.10 Å². The maximum absolute atomic E-state index is 9.11. The van der Waals surface area contributed by atoms with E-state index >= 15 is 0 Å². The third-order valence-corrected chi connectivity index (χ3v) is 4.03. The van der Waals surface area contributed by atoms with Crippen LogP contribution in [-0.4, -0.2) is 53.2 Å². The molecule has 1 aromatic heterocycles. The first kappa shape index (κ1) is 15.5. The van der Waals surface area contributed by atoms with Gasteiger partial charge in [0.1, 0.15) is 0 Å². The number of nitrogens with zero attached hydrogens (tertiary/aromatic N) is 3. The number of aliphatic hydroxyl groups excluding tert-OH is 1. The minimum Gasteiger partial charge on any atom is -0.395 e. The van der Waals surface area contributed by atoms with Gasteiger partial charge < -0.3 is 9.84 Å². The lowest BCUT2D eigenvalue weighted by molar-refractivity contribution is 0.126. The minimum atomic E-state index is 0.174. The smallest absolute Gasteiger partial charge is 0.0764 e. The number of hydrogen-bond donors (Lipinski definition) is 1. The van der Waals surface area contributed by atoms with E-state index in [1.807, 2.05) is 0 Å². The molecule has 1 heterocycles. The van der Waals surface area contributed by atoms with Gasteiger partial charge in [-0.25, -0.2) is 0 Å². The number of rotatable bonds is 8. The van der Waals surface area contributed by atoms with Gasteiger partial charge in [-0.05, 0) is 18.9 Å². The summed E-state index contributed by atoms with van der Waals surface area (Å²) in [5.74, 6) is 0. The van der Waals surface area contributed by atoms with Crippen molar-refractivity contribution in [2.45, 2.75) is 44.7 Å². The SMILES string of the molecule is COCCN(CCO)Cc1ccn(C2CCCCC2)n1. The van der Waals surface area contributed by atoms with Crippen LogP contribution in [0.1, 0.15) is 43.8 Å². The highest BCUT2D eigenvalue weighted by atomic mass is 16.5. The zero-order valence-corrected chi connectivity index (χ0v) is 12.5. The zero-order valence-electron chi connectivity index (χ0n) is 12.5. The molecule has 0 amide bonds. The van der Waals surface area contributed by atoms with Crippen molar-refractivity contribution in [1.82, 2.24) is 14.7 Å². The van der Waals surface area contributed by atoms with Crippen molar-refractivity contribution in [2.75, 3.05) is 33.4 Å². The number of aliphatic hydroxyl groups is 1. The van der Waals surface area contributed by atoms with Crippen molar-refractivity contribution in [1.29, 1.82) is 0 Å². The Kier molecular flexibility index (Phi) is 6.50. The first-order chi connectivity index (χ1) is 9.83. The minimum absolute atomic E-state index is 0.174. The Hall–Kier alpha value is -0.910. The average molecular weight is 281 g/mol.